The highest BCUT2D eigenvalue weighted by atomic mass is 32.2. The topological polar surface area (TPSA) is 149 Å². The molecule has 1 unspecified atom stereocenters. The highest BCUT2D eigenvalue weighted by Gasteiger charge is 2.17. The third-order valence-corrected chi connectivity index (χ3v) is 5.18. The lowest BCUT2D eigenvalue weighted by molar-refractivity contribution is -0.121. The number of nitrogens with two attached hydrogens (primary N) is 2. The predicted molar refractivity (Wildman–Crippen MR) is 104 cm³/mol. The lowest BCUT2D eigenvalue weighted by Gasteiger charge is -2.15. The van der Waals surface area contributed by atoms with Crippen molar-refractivity contribution in [1.29, 1.82) is 0 Å². The Balaban J connectivity index is 2.14. The molecular formula is C17H29N5O4S. The molecule has 0 bridgehead atoms. The third-order valence-electron chi connectivity index (χ3n) is 3.57. The molecule has 0 aromatic heterocycles. The molecule has 0 aliphatic heterocycles. The zero-order valence-electron chi connectivity index (χ0n) is 15.6. The number of carbonyl (C=O) groups is 1. The smallest absolute Gasteiger partial charge is 0.240 e. The van der Waals surface area contributed by atoms with Gasteiger partial charge in [0, 0.05) is 19.0 Å². The van der Waals surface area contributed by atoms with Crippen LogP contribution in [0.2, 0.25) is 0 Å². The molecule has 0 spiro atoms. The SMILES string of the molecule is CC(CNC(=O)CCCCCCON=C(N)N)NS(=O)(=O)c1ccccc1. The summed E-state index contributed by atoms with van der Waals surface area (Å²) >= 11 is 0. The first-order chi connectivity index (χ1) is 12.8. The third kappa shape index (κ3) is 10.4. The van der Waals surface area contributed by atoms with E-state index < -0.39 is 16.1 Å². The van der Waals surface area contributed by atoms with Crippen LogP contribution in [-0.4, -0.2) is 39.5 Å². The van der Waals surface area contributed by atoms with Gasteiger partial charge in [0.15, 0.2) is 0 Å². The minimum absolute atomic E-state index is 0.0995. The van der Waals surface area contributed by atoms with Gasteiger partial charge in [0.1, 0.15) is 6.61 Å². The van der Waals surface area contributed by atoms with Gasteiger partial charge in [-0.2, -0.15) is 0 Å². The minimum atomic E-state index is -3.58. The predicted octanol–water partition coefficient (Wildman–Crippen LogP) is 0.625. The van der Waals surface area contributed by atoms with E-state index in [2.05, 4.69) is 15.2 Å². The Bertz CT molecular complexity index is 691. The lowest BCUT2D eigenvalue weighted by Crippen LogP contribution is -2.41. The van der Waals surface area contributed by atoms with Gasteiger partial charge in [0.25, 0.3) is 0 Å². The van der Waals surface area contributed by atoms with Crippen LogP contribution in [0.15, 0.2) is 40.4 Å². The molecule has 0 radical (unpaired) electrons. The van der Waals surface area contributed by atoms with Crippen LogP contribution in [0.1, 0.15) is 39.0 Å². The number of nitrogens with zero attached hydrogens (tertiary/aromatic N) is 1. The minimum Gasteiger partial charge on any atom is -0.393 e. The number of hydrogen-bond donors (Lipinski definition) is 4. The Hall–Kier alpha value is -2.33. The average molecular weight is 400 g/mol. The summed E-state index contributed by atoms with van der Waals surface area (Å²) in [6, 6.07) is 7.71. The number of guanidine groups is 1. The maximum atomic E-state index is 12.2. The summed E-state index contributed by atoms with van der Waals surface area (Å²) in [5, 5.41) is 6.16. The van der Waals surface area contributed by atoms with Crippen LogP contribution in [-0.2, 0) is 19.7 Å². The number of sulfonamides is 1. The van der Waals surface area contributed by atoms with Crippen LogP contribution < -0.4 is 21.5 Å². The summed E-state index contributed by atoms with van der Waals surface area (Å²) in [6.07, 6.45) is 3.73. The molecule has 0 aliphatic carbocycles. The largest absolute Gasteiger partial charge is 0.393 e. The summed E-state index contributed by atoms with van der Waals surface area (Å²) < 4.78 is 26.9. The molecule has 1 aromatic carbocycles. The van der Waals surface area contributed by atoms with Gasteiger partial charge in [-0.1, -0.05) is 24.6 Å². The summed E-state index contributed by atoms with van der Waals surface area (Å²) in [6.45, 7) is 2.37. The molecule has 0 saturated heterocycles. The fourth-order valence-electron chi connectivity index (χ4n) is 2.26. The van der Waals surface area contributed by atoms with Gasteiger partial charge >= 0.3 is 0 Å². The van der Waals surface area contributed by atoms with Gasteiger partial charge in [0.2, 0.25) is 21.9 Å². The summed E-state index contributed by atoms with van der Waals surface area (Å²) in [4.78, 5) is 16.9. The molecule has 0 saturated carbocycles. The van der Waals surface area contributed by atoms with Gasteiger partial charge in [-0.05, 0) is 43.5 Å². The summed E-state index contributed by atoms with van der Waals surface area (Å²) in [5.74, 6) is -0.204. The van der Waals surface area contributed by atoms with Crippen molar-refractivity contribution in [3.63, 3.8) is 0 Å². The Morgan fingerprint density at radius 2 is 1.81 bits per heavy atom. The molecule has 1 amide bonds. The standard InChI is InChI=1S/C17H29N5O4S/c1-14(22-27(24,25)15-9-5-4-6-10-15)13-20-16(23)11-7-2-3-8-12-26-21-17(18)19/h4-6,9-10,14,22H,2-3,7-8,11-13H2,1H3,(H,20,23)(H4,18,19,21). The molecular weight excluding hydrogens is 370 g/mol. The molecule has 0 fully saturated rings. The van der Waals surface area contributed by atoms with Crippen molar-refractivity contribution in [3.05, 3.63) is 30.3 Å². The Kier molecular flexibility index (Phi) is 10.2. The average Bonchev–Trinajstić information content (AvgIpc) is 2.62. The van der Waals surface area contributed by atoms with E-state index in [0.29, 0.717) is 13.0 Å². The van der Waals surface area contributed by atoms with Crippen molar-refractivity contribution < 1.29 is 18.0 Å². The van der Waals surface area contributed by atoms with Crippen LogP contribution in [0.25, 0.3) is 0 Å². The highest BCUT2D eigenvalue weighted by Crippen LogP contribution is 2.08. The van der Waals surface area contributed by atoms with E-state index in [1.165, 1.54) is 12.1 Å². The zero-order valence-corrected chi connectivity index (χ0v) is 16.4. The molecule has 0 heterocycles. The Morgan fingerprint density at radius 3 is 2.48 bits per heavy atom. The second kappa shape index (κ2) is 12.1. The number of carbonyl (C=O) groups excluding carboxylic acids is 1. The number of benzene rings is 1. The number of nitrogens with one attached hydrogen (secondary N) is 2. The number of hydrogen-bond acceptors (Lipinski definition) is 5. The number of amides is 1. The number of oxime groups is 1. The van der Waals surface area contributed by atoms with Crippen molar-refractivity contribution in [2.45, 2.75) is 50.0 Å². The monoisotopic (exact) mass is 399 g/mol. The van der Waals surface area contributed by atoms with Crippen LogP contribution in [0.3, 0.4) is 0 Å². The molecule has 152 valence electrons. The van der Waals surface area contributed by atoms with Crippen molar-refractivity contribution in [2.75, 3.05) is 13.2 Å². The normalized spacial score (nSPS) is 12.2. The molecule has 9 nitrogen and oxygen atoms in total. The van der Waals surface area contributed by atoms with Crippen molar-refractivity contribution >= 4 is 21.9 Å². The zero-order chi connectivity index (χ0) is 20.1. The Morgan fingerprint density at radius 1 is 1.15 bits per heavy atom. The molecule has 10 heteroatoms. The second-order valence-electron chi connectivity index (χ2n) is 6.15. The van der Waals surface area contributed by atoms with Gasteiger partial charge in [0.05, 0.1) is 4.90 Å². The molecule has 0 aliphatic rings. The van der Waals surface area contributed by atoms with Crippen LogP contribution >= 0.6 is 0 Å². The van der Waals surface area contributed by atoms with Crippen LogP contribution in [0.4, 0.5) is 0 Å². The molecule has 1 rings (SSSR count). The van der Waals surface area contributed by atoms with Crippen LogP contribution in [0.5, 0.6) is 0 Å². The van der Waals surface area contributed by atoms with E-state index in [-0.39, 0.29) is 23.3 Å². The quantitative estimate of drug-likeness (QED) is 0.165. The highest BCUT2D eigenvalue weighted by molar-refractivity contribution is 7.89. The summed E-state index contributed by atoms with van der Waals surface area (Å²) in [5.41, 5.74) is 10.2. The van der Waals surface area contributed by atoms with Crippen molar-refractivity contribution in [3.8, 4) is 0 Å². The van der Waals surface area contributed by atoms with Gasteiger partial charge in [-0.15, -0.1) is 0 Å². The fourth-order valence-corrected chi connectivity index (χ4v) is 3.52. The molecule has 1 aromatic rings. The maximum Gasteiger partial charge on any atom is 0.240 e. The molecule has 1 atom stereocenters. The summed E-state index contributed by atoms with van der Waals surface area (Å²) in [7, 11) is -3.58. The molecule has 27 heavy (non-hydrogen) atoms. The number of unbranched alkanes of at least 4 members (excludes halogenated alkanes) is 3. The first-order valence-corrected chi connectivity index (χ1v) is 10.3. The number of rotatable bonds is 13. The van der Waals surface area contributed by atoms with Crippen molar-refractivity contribution in [2.24, 2.45) is 16.6 Å². The fraction of sp³-hybridized carbons (Fsp3) is 0.529. The van der Waals surface area contributed by atoms with E-state index in [1.807, 2.05) is 0 Å². The van der Waals surface area contributed by atoms with Crippen LogP contribution in [0, 0.1) is 0 Å². The first kappa shape index (κ1) is 22.7. The second-order valence-corrected chi connectivity index (χ2v) is 7.87. The van der Waals surface area contributed by atoms with E-state index in [0.717, 1.165) is 25.7 Å². The van der Waals surface area contributed by atoms with E-state index >= 15 is 0 Å². The Labute approximate surface area is 160 Å². The first-order valence-electron chi connectivity index (χ1n) is 8.86. The maximum absolute atomic E-state index is 12.2. The van der Waals surface area contributed by atoms with Crippen molar-refractivity contribution in [1.82, 2.24) is 10.0 Å². The van der Waals surface area contributed by atoms with E-state index in [4.69, 9.17) is 16.3 Å². The van der Waals surface area contributed by atoms with Gasteiger partial charge in [-0.25, -0.2) is 13.1 Å². The van der Waals surface area contributed by atoms with Gasteiger partial charge in [-0.3, -0.25) is 4.79 Å². The van der Waals surface area contributed by atoms with Gasteiger partial charge < -0.3 is 21.6 Å². The lowest BCUT2D eigenvalue weighted by atomic mass is 10.1. The van der Waals surface area contributed by atoms with E-state index in [9.17, 15) is 13.2 Å². The molecule has 6 N–H and O–H groups in total. The van der Waals surface area contributed by atoms with E-state index in [1.54, 1.807) is 25.1 Å².